The first kappa shape index (κ1) is 20.1. The highest BCUT2D eigenvalue weighted by atomic mass is 35.5. The van der Waals surface area contributed by atoms with Crippen molar-refractivity contribution >= 4 is 11.6 Å². The van der Waals surface area contributed by atoms with E-state index in [9.17, 15) is 10.4 Å². The molecular weight excluding hydrogens is 368 g/mol. The van der Waals surface area contributed by atoms with Crippen molar-refractivity contribution in [1.29, 1.82) is 5.26 Å². The molecule has 0 saturated heterocycles. The molecule has 0 spiro atoms. The largest absolute Gasteiger partial charge is 0.392 e. The van der Waals surface area contributed by atoms with Gasteiger partial charge in [0.05, 0.1) is 18.2 Å². The third-order valence-corrected chi connectivity index (χ3v) is 5.10. The van der Waals surface area contributed by atoms with E-state index < -0.39 is 0 Å². The second-order valence-electron chi connectivity index (χ2n) is 6.82. The van der Waals surface area contributed by atoms with Crippen molar-refractivity contribution in [2.24, 2.45) is 0 Å². The van der Waals surface area contributed by atoms with E-state index in [-0.39, 0.29) is 6.61 Å². The lowest BCUT2D eigenvalue weighted by Crippen LogP contribution is -2.05. The smallest absolute Gasteiger partial charge is 0.129 e. The Morgan fingerprint density at radius 3 is 2.54 bits per heavy atom. The molecule has 1 aromatic heterocycles. The molecule has 28 heavy (non-hydrogen) atoms. The number of nitrogens with zero attached hydrogens (tertiary/aromatic N) is 2. The number of benzene rings is 2. The van der Waals surface area contributed by atoms with Crippen LogP contribution >= 0.6 is 11.6 Å². The predicted molar refractivity (Wildman–Crippen MR) is 113 cm³/mol. The number of hydrogen-bond donors (Lipinski definition) is 1. The molecule has 1 heterocycles. The summed E-state index contributed by atoms with van der Waals surface area (Å²) in [6, 6.07) is 19.8. The Morgan fingerprint density at radius 1 is 1.11 bits per heavy atom. The molecule has 0 aliphatic heterocycles. The fourth-order valence-corrected chi connectivity index (χ4v) is 3.62. The molecule has 0 amide bonds. The third-order valence-electron chi connectivity index (χ3n) is 4.90. The van der Waals surface area contributed by atoms with Gasteiger partial charge in [-0.25, -0.2) is 4.98 Å². The zero-order chi connectivity index (χ0) is 19.9. The molecule has 3 rings (SSSR count). The summed E-state index contributed by atoms with van der Waals surface area (Å²) in [7, 11) is 0. The lowest BCUT2D eigenvalue weighted by Gasteiger charge is -2.14. The van der Waals surface area contributed by atoms with Gasteiger partial charge in [0.1, 0.15) is 5.15 Å². The maximum atomic E-state index is 9.80. The third kappa shape index (κ3) is 4.59. The molecular formula is C24H23ClN2O. The molecule has 142 valence electrons. The Labute approximate surface area is 171 Å². The number of nitriles is 1. The van der Waals surface area contributed by atoms with Crippen LogP contribution in [-0.4, -0.2) is 10.1 Å². The summed E-state index contributed by atoms with van der Waals surface area (Å²) in [5.41, 5.74) is 6.62. The van der Waals surface area contributed by atoms with Gasteiger partial charge < -0.3 is 5.11 Å². The molecule has 3 nitrogen and oxygen atoms in total. The standard InChI is InChI=1S/C24H23ClN2O/c1-2-3-8-23-22(20(16-28)14-24(25)27-23)13-17-9-11-18(12-10-17)21-7-5-4-6-19(21)15-26/h4-7,9-12,14,28H,2-3,8,13,16H2,1H3. The number of rotatable bonds is 7. The van der Waals surface area contributed by atoms with E-state index in [2.05, 4.69) is 30.1 Å². The van der Waals surface area contributed by atoms with Crippen LogP contribution in [0.3, 0.4) is 0 Å². The monoisotopic (exact) mass is 390 g/mol. The molecule has 0 saturated carbocycles. The van der Waals surface area contributed by atoms with Gasteiger partial charge in [0.15, 0.2) is 0 Å². The van der Waals surface area contributed by atoms with Crippen LogP contribution < -0.4 is 0 Å². The van der Waals surface area contributed by atoms with Gasteiger partial charge in [-0.2, -0.15) is 5.26 Å². The predicted octanol–water partition coefficient (Wildman–Crippen LogP) is 5.70. The fourth-order valence-electron chi connectivity index (χ4n) is 3.39. The minimum Gasteiger partial charge on any atom is -0.392 e. The summed E-state index contributed by atoms with van der Waals surface area (Å²) >= 11 is 6.15. The summed E-state index contributed by atoms with van der Waals surface area (Å²) in [5.74, 6) is 0. The van der Waals surface area contributed by atoms with E-state index in [1.54, 1.807) is 6.07 Å². The Balaban J connectivity index is 1.91. The Hall–Kier alpha value is -2.67. The molecule has 0 atom stereocenters. The zero-order valence-electron chi connectivity index (χ0n) is 16.0. The zero-order valence-corrected chi connectivity index (χ0v) is 16.7. The van der Waals surface area contributed by atoms with Crippen molar-refractivity contribution in [3.05, 3.63) is 87.7 Å². The van der Waals surface area contributed by atoms with Crippen molar-refractivity contribution < 1.29 is 5.11 Å². The maximum Gasteiger partial charge on any atom is 0.129 e. The number of unbranched alkanes of at least 4 members (excludes halogenated alkanes) is 1. The molecule has 0 fully saturated rings. The van der Waals surface area contributed by atoms with E-state index in [0.29, 0.717) is 17.1 Å². The highest BCUT2D eigenvalue weighted by Crippen LogP contribution is 2.26. The Kier molecular flexibility index (Phi) is 6.81. The highest BCUT2D eigenvalue weighted by Gasteiger charge is 2.13. The molecule has 4 heteroatoms. The second kappa shape index (κ2) is 9.50. The van der Waals surface area contributed by atoms with E-state index in [4.69, 9.17) is 11.6 Å². The first-order valence-electron chi connectivity index (χ1n) is 9.52. The molecule has 0 aliphatic carbocycles. The topological polar surface area (TPSA) is 56.9 Å². The minimum atomic E-state index is -0.0513. The molecule has 3 aromatic rings. The lowest BCUT2D eigenvalue weighted by atomic mass is 9.94. The summed E-state index contributed by atoms with van der Waals surface area (Å²) in [4.78, 5) is 4.52. The summed E-state index contributed by atoms with van der Waals surface area (Å²) in [6.45, 7) is 2.10. The van der Waals surface area contributed by atoms with Crippen molar-refractivity contribution in [1.82, 2.24) is 4.98 Å². The molecule has 0 radical (unpaired) electrons. The molecule has 0 unspecified atom stereocenters. The first-order chi connectivity index (χ1) is 13.7. The molecule has 0 aliphatic rings. The number of aliphatic hydroxyl groups is 1. The van der Waals surface area contributed by atoms with Crippen LogP contribution in [-0.2, 0) is 19.4 Å². The normalized spacial score (nSPS) is 10.6. The number of hydrogen-bond acceptors (Lipinski definition) is 3. The van der Waals surface area contributed by atoms with Gasteiger partial charge in [-0.1, -0.05) is 67.4 Å². The Bertz CT molecular complexity index is 990. The SMILES string of the molecule is CCCCc1nc(Cl)cc(CO)c1Cc1ccc(-c2ccccc2C#N)cc1. The summed E-state index contributed by atoms with van der Waals surface area (Å²) in [6.07, 6.45) is 3.66. The van der Waals surface area contributed by atoms with Gasteiger partial charge in [0, 0.05) is 5.69 Å². The number of halogens is 1. The molecule has 2 aromatic carbocycles. The van der Waals surface area contributed by atoms with Crippen LogP contribution in [0, 0.1) is 11.3 Å². The fraction of sp³-hybridized carbons (Fsp3) is 0.250. The molecule has 1 N–H and O–H groups in total. The van der Waals surface area contributed by atoms with Gasteiger partial charge in [0.25, 0.3) is 0 Å². The van der Waals surface area contributed by atoms with Gasteiger partial charge >= 0.3 is 0 Å². The van der Waals surface area contributed by atoms with Gasteiger partial charge in [-0.3, -0.25) is 0 Å². The van der Waals surface area contributed by atoms with Crippen LogP contribution in [0.1, 0.15) is 47.7 Å². The molecule has 0 bridgehead atoms. The quantitative estimate of drug-likeness (QED) is 0.526. The first-order valence-corrected chi connectivity index (χ1v) is 9.90. The second-order valence-corrected chi connectivity index (χ2v) is 7.21. The summed E-state index contributed by atoms with van der Waals surface area (Å²) in [5, 5.41) is 19.6. The van der Waals surface area contributed by atoms with Crippen molar-refractivity contribution in [2.75, 3.05) is 0 Å². The minimum absolute atomic E-state index is 0.0513. The average molecular weight is 391 g/mol. The van der Waals surface area contributed by atoms with Crippen LogP contribution in [0.2, 0.25) is 5.15 Å². The van der Waals surface area contributed by atoms with E-state index in [1.807, 2.05) is 36.4 Å². The van der Waals surface area contributed by atoms with Gasteiger partial charge in [0.2, 0.25) is 0 Å². The van der Waals surface area contributed by atoms with Gasteiger partial charge in [-0.15, -0.1) is 0 Å². The number of pyridine rings is 1. The highest BCUT2D eigenvalue weighted by molar-refractivity contribution is 6.29. The van der Waals surface area contributed by atoms with E-state index in [1.165, 1.54) is 0 Å². The van der Waals surface area contributed by atoms with Crippen LogP contribution in [0.4, 0.5) is 0 Å². The van der Waals surface area contributed by atoms with Gasteiger partial charge in [-0.05, 0) is 59.2 Å². The Morgan fingerprint density at radius 2 is 1.86 bits per heavy atom. The van der Waals surface area contributed by atoms with Crippen molar-refractivity contribution in [2.45, 2.75) is 39.2 Å². The van der Waals surface area contributed by atoms with Crippen molar-refractivity contribution in [3.8, 4) is 17.2 Å². The van der Waals surface area contributed by atoms with Crippen LogP contribution in [0.15, 0.2) is 54.6 Å². The average Bonchev–Trinajstić information content (AvgIpc) is 2.74. The maximum absolute atomic E-state index is 9.80. The van der Waals surface area contributed by atoms with E-state index in [0.717, 1.165) is 52.8 Å². The van der Waals surface area contributed by atoms with Crippen molar-refractivity contribution in [3.63, 3.8) is 0 Å². The van der Waals surface area contributed by atoms with Crippen LogP contribution in [0.5, 0.6) is 0 Å². The number of aliphatic hydroxyl groups excluding tert-OH is 1. The summed E-state index contributed by atoms with van der Waals surface area (Å²) < 4.78 is 0. The van der Waals surface area contributed by atoms with Crippen LogP contribution in [0.25, 0.3) is 11.1 Å². The number of aryl methyl sites for hydroxylation is 1. The lowest BCUT2D eigenvalue weighted by molar-refractivity contribution is 0.280. The number of aromatic nitrogens is 1. The van der Waals surface area contributed by atoms with E-state index >= 15 is 0 Å².